The molecule has 0 aromatic heterocycles. The second kappa shape index (κ2) is 6.05. The minimum atomic E-state index is -0.794. The SMILES string of the molecule is CCOC(=O)C(C)c1cc(O)c2c(O)c3c(O)cccc3cc2c1O. The average molecular weight is 342 g/mol. The molecule has 3 aromatic rings. The lowest BCUT2D eigenvalue weighted by molar-refractivity contribution is -0.144. The van der Waals surface area contributed by atoms with Crippen LogP contribution in [0.3, 0.4) is 0 Å². The Balaban J connectivity index is 2.34. The first-order valence-corrected chi connectivity index (χ1v) is 7.85. The van der Waals surface area contributed by atoms with Gasteiger partial charge in [0.2, 0.25) is 0 Å². The van der Waals surface area contributed by atoms with Gasteiger partial charge >= 0.3 is 5.97 Å². The molecule has 0 heterocycles. The molecule has 6 heteroatoms. The number of aromatic hydroxyl groups is 4. The second-order valence-corrected chi connectivity index (χ2v) is 5.83. The summed E-state index contributed by atoms with van der Waals surface area (Å²) in [6.45, 7) is 3.44. The Hall–Kier alpha value is -3.15. The number of ether oxygens (including phenoxy) is 1. The predicted molar refractivity (Wildman–Crippen MR) is 93.2 cm³/mol. The molecular formula is C19H18O6. The Morgan fingerprint density at radius 1 is 1.04 bits per heavy atom. The van der Waals surface area contributed by atoms with Gasteiger partial charge in [-0.05, 0) is 37.4 Å². The van der Waals surface area contributed by atoms with Gasteiger partial charge in [-0.15, -0.1) is 0 Å². The van der Waals surface area contributed by atoms with Crippen molar-refractivity contribution in [2.75, 3.05) is 6.61 Å². The number of carbonyl (C=O) groups is 1. The summed E-state index contributed by atoms with van der Waals surface area (Å²) in [5.74, 6) is -2.33. The van der Waals surface area contributed by atoms with Gasteiger partial charge in [0.15, 0.2) is 0 Å². The molecule has 0 fully saturated rings. The zero-order valence-corrected chi connectivity index (χ0v) is 13.8. The van der Waals surface area contributed by atoms with Gasteiger partial charge in [-0.1, -0.05) is 12.1 Å². The molecule has 0 aliphatic heterocycles. The molecule has 0 aliphatic rings. The normalized spacial score (nSPS) is 12.4. The fraction of sp³-hybridized carbons (Fsp3) is 0.211. The van der Waals surface area contributed by atoms with Crippen molar-refractivity contribution in [1.29, 1.82) is 0 Å². The Morgan fingerprint density at radius 3 is 2.44 bits per heavy atom. The van der Waals surface area contributed by atoms with E-state index in [0.717, 1.165) is 0 Å². The van der Waals surface area contributed by atoms with Crippen LogP contribution in [0.25, 0.3) is 21.5 Å². The molecule has 0 amide bonds. The van der Waals surface area contributed by atoms with Crippen molar-refractivity contribution >= 4 is 27.5 Å². The first-order valence-electron chi connectivity index (χ1n) is 7.85. The molecule has 0 bridgehead atoms. The third kappa shape index (κ3) is 2.55. The van der Waals surface area contributed by atoms with Crippen LogP contribution in [0.15, 0.2) is 30.3 Å². The largest absolute Gasteiger partial charge is 0.507 e. The summed E-state index contributed by atoms with van der Waals surface area (Å²) in [4.78, 5) is 12.0. The van der Waals surface area contributed by atoms with Gasteiger partial charge in [0, 0.05) is 10.9 Å². The van der Waals surface area contributed by atoms with Crippen LogP contribution in [-0.4, -0.2) is 33.0 Å². The van der Waals surface area contributed by atoms with Gasteiger partial charge in [0.05, 0.1) is 23.3 Å². The summed E-state index contributed by atoms with van der Waals surface area (Å²) in [5, 5.41) is 42.3. The average Bonchev–Trinajstić information content (AvgIpc) is 2.57. The van der Waals surface area contributed by atoms with E-state index in [4.69, 9.17) is 4.74 Å². The summed E-state index contributed by atoms with van der Waals surface area (Å²) >= 11 is 0. The van der Waals surface area contributed by atoms with E-state index in [1.807, 2.05) is 0 Å². The van der Waals surface area contributed by atoms with Crippen LogP contribution in [-0.2, 0) is 9.53 Å². The molecule has 130 valence electrons. The van der Waals surface area contributed by atoms with Crippen molar-refractivity contribution in [3.05, 3.63) is 35.9 Å². The summed E-state index contributed by atoms with van der Waals surface area (Å²) < 4.78 is 4.96. The number of rotatable bonds is 3. The van der Waals surface area contributed by atoms with Crippen LogP contribution in [0.1, 0.15) is 25.3 Å². The van der Waals surface area contributed by atoms with E-state index in [0.29, 0.717) is 5.39 Å². The van der Waals surface area contributed by atoms with Gasteiger partial charge in [-0.25, -0.2) is 0 Å². The van der Waals surface area contributed by atoms with Crippen molar-refractivity contribution in [3.8, 4) is 23.0 Å². The Labute approximate surface area is 143 Å². The van der Waals surface area contributed by atoms with Crippen LogP contribution >= 0.6 is 0 Å². The highest BCUT2D eigenvalue weighted by Gasteiger charge is 2.25. The Morgan fingerprint density at radius 2 is 1.76 bits per heavy atom. The lowest BCUT2D eigenvalue weighted by atomic mass is 9.93. The maximum absolute atomic E-state index is 12.0. The Kier molecular flexibility index (Phi) is 4.04. The highest BCUT2D eigenvalue weighted by Crippen LogP contribution is 2.47. The molecule has 0 saturated carbocycles. The zero-order chi connectivity index (χ0) is 18.3. The maximum atomic E-state index is 12.0. The minimum absolute atomic E-state index is 0.00584. The van der Waals surface area contributed by atoms with Crippen molar-refractivity contribution in [3.63, 3.8) is 0 Å². The molecule has 3 rings (SSSR count). The van der Waals surface area contributed by atoms with Gasteiger partial charge in [-0.3, -0.25) is 4.79 Å². The number of hydrogen-bond donors (Lipinski definition) is 4. The lowest BCUT2D eigenvalue weighted by Crippen LogP contribution is -2.13. The van der Waals surface area contributed by atoms with Crippen LogP contribution < -0.4 is 0 Å². The molecule has 0 aliphatic carbocycles. The number of fused-ring (bicyclic) bond motifs is 2. The molecule has 0 spiro atoms. The van der Waals surface area contributed by atoms with Crippen molar-refractivity contribution in [2.45, 2.75) is 19.8 Å². The number of phenolic OH excluding ortho intramolecular Hbond substituents is 4. The molecule has 0 saturated heterocycles. The summed E-state index contributed by atoms with van der Waals surface area (Å²) in [6, 6.07) is 7.45. The molecule has 3 aromatic carbocycles. The smallest absolute Gasteiger partial charge is 0.313 e. The number of benzene rings is 3. The lowest BCUT2D eigenvalue weighted by Gasteiger charge is -2.17. The van der Waals surface area contributed by atoms with Crippen LogP contribution in [0.2, 0.25) is 0 Å². The van der Waals surface area contributed by atoms with Crippen LogP contribution in [0.5, 0.6) is 23.0 Å². The third-order valence-electron chi connectivity index (χ3n) is 4.30. The van der Waals surface area contributed by atoms with Gasteiger partial charge in [0.25, 0.3) is 0 Å². The number of esters is 1. The van der Waals surface area contributed by atoms with E-state index in [1.54, 1.807) is 32.0 Å². The fourth-order valence-corrected chi connectivity index (χ4v) is 3.03. The summed E-state index contributed by atoms with van der Waals surface area (Å²) in [6.07, 6.45) is 0. The molecule has 0 radical (unpaired) electrons. The predicted octanol–water partition coefficient (Wildman–Crippen LogP) is 3.48. The fourth-order valence-electron chi connectivity index (χ4n) is 3.03. The van der Waals surface area contributed by atoms with E-state index in [1.165, 1.54) is 12.1 Å². The molecular weight excluding hydrogens is 324 g/mol. The summed E-state index contributed by atoms with van der Waals surface area (Å²) in [5.41, 5.74) is 0.197. The monoisotopic (exact) mass is 342 g/mol. The first kappa shape index (κ1) is 16.7. The topological polar surface area (TPSA) is 107 Å². The van der Waals surface area contributed by atoms with Crippen molar-refractivity contribution < 1.29 is 30.0 Å². The number of carbonyl (C=O) groups excluding carboxylic acids is 1. The van der Waals surface area contributed by atoms with E-state index in [2.05, 4.69) is 0 Å². The van der Waals surface area contributed by atoms with Gasteiger partial charge < -0.3 is 25.2 Å². The minimum Gasteiger partial charge on any atom is -0.507 e. The third-order valence-corrected chi connectivity index (χ3v) is 4.30. The van der Waals surface area contributed by atoms with Crippen LogP contribution in [0.4, 0.5) is 0 Å². The van der Waals surface area contributed by atoms with Gasteiger partial charge in [-0.2, -0.15) is 0 Å². The molecule has 6 nitrogen and oxygen atoms in total. The van der Waals surface area contributed by atoms with Crippen LogP contribution in [0, 0.1) is 0 Å². The number of phenols is 4. The Bertz CT molecular complexity index is 993. The highest BCUT2D eigenvalue weighted by molar-refractivity contribution is 6.12. The number of hydrogen-bond acceptors (Lipinski definition) is 6. The molecule has 1 atom stereocenters. The quantitative estimate of drug-likeness (QED) is 0.330. The highest BCUT2D eigenvalue weighted by atomic mass is 16.5. The molecule has 4 N–H and O–H groups in total. The standard InChI is InChI=1S/C19H18O6/c1-3-25-19(24)9(2)11-8-14(21)16-12(17(11)22)7-10-5-4-6-13(20)15(10)18(16)23/h4-9,20-23H,3H2,1-2H3. The second-order valence-electron chi connectivity index (χ2n) is 5.83. The van der Waals surface area contributed by atoms with Gasteiger partial charge in [0.1, 0.15) is 23.0 Å². The molecule has 25 heavy (non-hydrogen) atoms. The maximum Gasteiger partial charge on any atom is 0.313 e. The zero-order valence-electron chi connectivity index (χ0n) is 13.8. The van der Waals surface area contributed by atoms with E-state index in [9.17, 15) is 25.2 Å². The van der Waals surface area contributed by atoms with Crippen molar-refractivity contribution in [2.24, 2.45) is 0 Å². The summed E-state index contributed by atoms with van der Waals surface area (Å²) in [7, 11) is 0. The molecule has 1 unspecified atom stereocenters. The van der Waals surface area contributed by atoms with E-state index in [-0.39, 0.29) is 51.3 Å². The first-order chi connectivity index (χ1) is 11.9. The van der Waals surface area contributed by atoms with E-state index >= 15 is 0 Å². The van der Waals surface area contributed by atoms with Crippen molar-refractivity contribution in [1.82, 2.24) is 0 Å². The van der Waals surface area contributed by atoms with E-state index < -0.39 is 11.9 Å².